The van der Waals surface area contributed by atoms with Crippen molar-refractivity contribution < 1.29 is 4.74 Å². The monoisotopic (exact) mass is 323 g/mol. The van der Waals surface area contributed by atoms with Gasteiger partial charge in [-0.15, -0.1) is 0 Å². The molecule has 5 heteroatoms. The van der Waals surface area contributed by atoms with Crippen LogP contribution in [0.25, 0.3) is 5.57 Å². The highest BCUT2D eigenvalue weighted by atomic mass is 79.9. The van der Waals surface area contributed by atoms with Crippen LogP contribution >= 0.6 is 15.9 Å². The van der Waals surface area contributed by atoms with E-state index in [1.54, 1.807) is 0 Å². The van der Waals surface area contributed by atoms with Crippen molar-refractivity contribution in [3.8, 4) is 0 Å². The van der Waals surface area contributed by atoms with Crippen molar-refractivity contribution in [2.24, 2.45) is 0 Å². The van der Waals surface area contributed by atoms with Crippen LogP contribution in [-0.2, 0) is 4.74 Å². The summed E-state index contributed by atoms with van der Waals surface area (Å²) in [6.45, 7) is 2.76. The first-order valence-corrected chi connectivity index (χ1v) is 7.22. The van der Waals surface area contributed by atoms with Crippen LogP contribution in [0.5, 0.6) is 0 Å². The van der Waals surface area contributed by atoms with Gasteiger partial charge in [0.25, 0.3) is 0 Å². The molecule has 19 heavy (non-hydrogen) atoms. The lowest BCUT2D eigenvalue weighted by molar-refractivity contribution is 0.00131. The molecule has 0 aliphatic carbocycles. The van der Waals surface area contributed by atoms with E-state index in [9.17, 15) is 0 Å². The summed E-state index contributed by atoms with van der Waals surface area (Å²) in [6, 6.07) is 5.69. The summed E-state index contributed by atoms with van der Waals surface area (Å²) in [5.41, 5.74) is 2.49. The van der Waals surface area contributed by atoms with Crippen molar-refractivity contribution in [1.82, 2.24) is 10.3 Å². The summed E-state index contributed by atoms with van der Waals surface area (Å²) in [5.74, 6) is 0. The highest BCUT2D eigenvalue weighted by molar-refractivity contribution is 9.10. The predicted molar refractivity (Wildman–Crippen MR) is 80.0 cm³/mol. The van der Waals surface area contributed by atoms with Crippen LogP contribution in [0.3, 0.4) is 0 Å². The zero-order valence-corrected chi connectivity index (χ0v) is 12.5. The van der Waals surface area contributed by atoms with Gasteiger partial charge in [-0.25, -0.2) is 4.98 Å². The number of aromatic nitrogens is 1. The molecular weight excluding hydrogens is 306 g/mol. The Bertz CT molecular complexity index is 481. The van der Waals surface area contributed by atoms with Gasteiger partial charge in [0.05, 0.1) is 5.69 Å². The molecule has 4 nitrogen and oxygen atoms in total. The first-order valence-electron chi connectivity index (χ1n) is 6.43. The maximum atomic E-state index is 7.60. The smallest absolute Gasteiger partial charge is 0.127 e. The van der Waals surface area contributed by atoms with Gasteiger partial charge in [-0.05, 0) is 54.2 Å². The minimum Gasteiger partial charge on any atom is -0.363 e. The second-order valence-corrected chi connectivity index (χ2v) is 5.34. The van der Waals surface area contributed by atoms with E-state index in [2.05, 4.69) is 26.2 Å². The van der Waals surface area contributed by atoms with E-state index in [0.29, 0.717) is 0 Å². The lowest BCUT2D eigenvalue weighted by Crippen LogP contribution is -2.34. The topological polar surface area (TPSA) is 58.0 Å². The lowest BCUT2D eigenvalue weighted by Gasteiger charge is -2.25. The fourth-order valence-electron chi connectivity index (χ4n) is 2.11. The molecule has 2 N–H and O–H groups in total. The van der Waals surface area contributed by atoms with Crippen molar-refractivity contribution in [2.75, 3.05) is 6.61 Å². The van der Waals surface area contributed by atoms with E-state index in [0.717, 1.165) is 41.0 Å². The fourth-order valence-corrected chi connectivity index (χ4v) is 2.45. The Kier molecular flexibility index (Phi) is 5.10. The maximum Gasteiger partial charge on any atom is 0.127 e. The summed E-state index contributed by atoms with van der Waals surface area (Å²) < 4.78 is 6.42. The molecule has 2 rings (SSSR count). The Morgan fingerprint density at radius 1 is 1.53 bits per heavy atom. The van der Waals surface area contributed by atoms with Crippen LogP contribution in [0.2, 0.25) is 0 Å². The van der Waals surface area contributed by atoms with E-state index >= 15 is 0 Å². The number of nitrogens with zero attached hydrogens (tertiary/aromatic N) is 1. The number of ether oxygens (including phenoxy) is 1. The maximum absolute atomic E-state index is 7.60. The van der Waals surface area contributed by atoms with Gasteiger partial charge >= 0.3 is 0 Å². The lowest BCUT2D eigenvalue weighted by atomic mass is 10.1. The van der Waals surface area contributed by atoms with Crippen LogP contribution < -0.4 is 5.32 Å². The Balaban J connectivity index is 2.18. The van der Waals surface area contributed by atoms with Gasteiger partial charge in [0.1, 0.15) is 10.8 Å². The molecule has 0 saturated carbocycles. The van der Waals surface area contributed by atoms with Gasteiger partial charge in [0, 0.05) is 24.1 Å². The molecule has 0 aromatic carbocycles. The molecule has 102 valence electrons. The summed E-state index contributed by atoms with van der Waals surface area (Å²) in [4.78, 5) is 4.39. The van der Waals surface area contributed by atoms with E-state index in [1.165, 1.54) is 12.6 Å². The fraction of sp³-hybridized carbons (Fsp3) is 0.429. The molecule has 0 spiro atoms. The number of hydrogen-bond acceptors (Lipinski definition) is 4. The number of allylic oxidation sites excluding steroid dienone is 2. The molecule has 1 saturated heterocycles. The van der Waals surface area contributed by atoms with Crippen molar-refractivity contribution in [3.63, 3.8) is 0 Å². The van der Waals surface area contributed by atoms with E-state index in [-0.39, 0.29) is 6.23 Å². The van der Waals surface area contributed by atoms with Crippen LogP contribution in [0.15, 0.2) is 28.5 Å². The van der Waals surface area contributed by atoms with Crippen molar-refractivity contribution in [2.45, 2.75) is 32.4 Å². The average molecular weight is 324 g/mol. The second-order valence-electron chi connectivity index (χ2n) is 4.53. The zero-order valence-electron chi connectivity index (χ0n) is 10.9. The summed E-state index contributed by atoms with van der Waals surface area (Å²) >= 11 is 3.35. The van der Waals surface area contributed by atoms with E-state index in [1.807, 2.05) is 25.1 Å². The van der Waals surface area contributed by atoms with Crippen LogP contribution in [0, 0.1) is 5.41 Å². The third kappa shape index (κ3) is 3.88. The first kappa shape index (κ1) is 14.2. The Labute approximate surface area is 121 Å². The molecule has 0 amide bonds. The number of nitrogens with one attached hydrogen (secondary N) is 2. The number of pyridine rings is 1. The van der Waals surface area contributed by atoms with E-state index in [4.69, 9.17) is 10.1 Å². The average Bonchev–Trinajstić information content (AvgIpc) is 2.41. The molecule has 2 heterocycles. The molecule has 1 aliphatic rings. The van der Waals surface area contributed by atoms with Crippen molar-refractivity contribution in [3.05, 3.63) is 34.2 Å². The molecule has 0 bridgehead atoms. The SMILES string of the molecule is C/C(NC1CCCCO1)=C(/C=N)c1cccc(Br)n1. The van der Waals surface area contributed by atoms with Crippen molar-refractivity contribution in [1.29, 1.82) is 5.41 Å². The molecule has 0 radical (unpaired) electrons. The van der Waals surface area contributed by atoms with E-state index < -0.39 is 0 Å². The van der Waals surface area contributed by atoms with Gasteiger partial charge in [0.15, 0.2) is 0 Å². The highest BCUT2D eigenvalue weighted by Crippen LogP contribution is 2.18. The van der Waals surface area contributed by atoms with Crippen LogP contribution in [0.1, 0.15) is 31.9 Å². The molecule has 1 aromatic heterocycles. The standard InChI is InChI=1S/C14H18BrN3O/c1-10(17-14-7-2-3-8-19-14)11(9-16)12-5-4-6-13(15)18-12/h4-6,9,14,16-17H,2-3,7-8H2,1H3/b11-10+,16-9?. The number of halogens is 1. The second kappa shape index (κ2) is 6.82. The number of hydrogen-bond donors (Lipinski definition) is 2. The third-order valence-electron chi connectivity index (χ3n) is 3.10. The molecular formula is C14H18BrN3O. The van der Waals surface area contributed by atoms with Gasteiger partial charge in [-0.2, -0.15) is 0 Å². The molecule has 1 atom stereocenters. The number of rotatable bonds is 4. The van der Waals surface area contributed by atoms with Gasteiger partial charge in [-0.3, -0.25) is 0 Å². The quantitative estimate of drug-likeness (QED) is 0.660. The Morgan fingerprint density at radius 2 is 2.37 bits per heavy atom. The molecule has 1 unspecified atom stereocenters. The third-order valence-corrected chi connectivity index (χ3v) is 3.54. The molecule has 1 fully saturated rings. The van der Waals surface area contributed by atoms with Crippen LogP contribution in [-0.4, -0.2) is 24.0 Å². The summed E-state index contributed by atoms with van der Waals surface area (Å²) in [5, 5.41) is 10.9. The minimum atomic E-state index is 0.0517. The Morgan fingerprint density at radius 3 is 3.00 bits per heavy atom. The van der Waals surface area contributed by atoms with Gasteiger partial charge < -0.3 is 15.5 Å². The first-order chi connectivity index (χ1) is 9.20. The summed E-state index contributed by atoms with van der Waals surface area (Å²) in [7, 11) is 0. The minimum absolute atomic E-state index is 0.0517. The predicted octanol–water partition coefficient (Wildman–Crippen LogP) is 3.34. The van der Waals surface area contributed by atoms with Gasteiger partial charge in [0.2, 0.25) is 0 Å². The normalized spacial score (nSPS) is 20.6. The summed E-state index contributed by atoms with van der Waals surface area (Å²) in [6.07, 6.45) is 4.70. The largest absolute Gasteiger partial charge is 0.363 e. The zero-order chi connectivity index (χ0) is 13.7. The van der Waals surface area contributed by atoms with Crippen LogP contribution in [0.4, 0.5) is 0 Å². The highest BCUT2D eigenvalue weighted by Gasteiger charge is 2.15. The Hall–Kier alpha value is -1.20. The molecule has 1 aromatic rings. The van der Waals surface area contributed by atoms with Gasteiger partial charge in [-0.1, -0.05) is 6.07 Å². The molecule has 1 aliphatic heterocycles. The van der Waals surface area contributed by atoms with Crippen molar-refractivity contribution >= 4 is 27.7 Å².